The molecule has 3 heteroatoms. The molecule has 3 nitrogen and oxygen atoms in total. The van der Waals surface area contributed by atoms with Crippen molar-refractivity contribution in [2.45, 2.75) is 33.1 Å². The summed E-state index contributed by atoms with van der Waals surface area (Å²) in [5.74, 6) is 0.271. The molecule has 0 spiro atoms. The zero-order chi connectivity index (χ0) is 9.14. The number of hydrogen-bond acceptors (Lipinski definition) is 2. The molecule has 0 aromatic rings. The van der Waals surface area contributed by atoms with Crippen LogP contribution in [0.4, 0.5) is 0 Å². The monoisotopic (exact) mass is 169 g/mol. The van der Waals surface area contributed by atoms with Crippen LogP contribution in [0, 0.1) is 11.8 Å². The average Bonchev–Trinajstić information content (AvgIpc) is 2.30. The van der Waals surface area contributed by atoms with Crippen molar-refractivity contribution in [2.75, 3.05) is 0 Å². The van der Waals surface area contributed by atoms with E-state index in [9.17, 15) is 9.59 Å². The highest BCUT2D eigenvalue weighted by Crippen LogP contribution is 2.21. The molecule has 68 valence electrons. The number of carbonyl (C=O) groups is 2. The van der Waals surface area contributed by atoms with Crippen molar-refractivity contribution in [3.63, 3.8) is 0 Å². The van der Waals surface area contributed by atoms with Gasteiger partial charge in [0.2, 0.25) is 11.8 Å². The van der Waals surface area contributed by atoms with Gasteiger partial charge in [0.1, 0.15) is 0 Å². The molecule has 2 amide bonds. The summed E-state index contributed by atoms with van der Waals surface area (Å²) in [6.07, 6.45) is 2.30. The Balaban J connectivity index is 2.43. The minimum atomic E-state index is -0.117. The zero-order valence-corrected chi connectivity index (χ0v) is 7.59. The van der Waals surface area contributed by atoms with Gasteiger partial charge in [-0.3, -0.25) is 14.9 Å². The molecule has 0 radical (unpaired) electrons. The standard InChI is InChI=1S/C9H15NO2/c1-3-6(2)4-7-5-8(11)10-9(7)12/h6-7H,3-5H2,1-2H3,(H,10,11,12). The lowest BCUT2D eigenvalue weighted by atomic mass is 9.93. The topological polar surface area (TPSA) is 46.2 Å². The van der Waals surface area contributed by atoms with Crippen molar-refractivity contribution < 1.29 is 9.59 Å². The summed E-state index contributed by atoms with van der Waals surface area (Å²) < 4.78 is 0. The maximum Gasteiger partial charge on any atom is 0.230 e. The minimum absolute atomic E-state index is 0.0625. The molecule has 12 heavy (non-hydrogen) atoms. The fraction of sp³-hybridized carbons (Fsp3) is 0.778. The van der Waals surface area contributed by atoms with Crippen LogP contribution in [0.1, 0.15) is 33.1 Å². The molecule has 0 aliphatic carbocycles. The number of imide groups is 1. The van der Waals surface area contributed by atoms with E-state index in [1.807, 2.05) is 0 Å². The third-order valence-corrected chi connectivity index (χ3v) is 2.45. The van der Waals surface area contributed by atoms with Gasteiger partial charge >= 0.3 is 0 Å². The Hall–Kier alpha value is -0.860. The van der Waals surface area contributed by atoms with Crippen LogP contribution in [0.5, 0.6) is 0 Å². The molecule has 0 saturated carbocycles. The number of carbonyl (C=O) groups excluding carboxylic acids is 2. The highest BCUT2D eigenvalue weighted by molar-refractivity contribution is 6.03. The smallest absolute Gasteiger partial charge is 0.230 e. The van der Waals surface area contributed by atoms with Gasteiger partial charge in [0.25, 0.3) is 0 Å². The van der Waals surface area contributed by atoms with Gasteiger partial charge in [0.05, 0.1) is 0 Å². The minimum Gasteiger partial charge on any atom is -0.296 e. The summed E-state index contributed by atoms with van der Waals surface area (Å²) in [5.41, 5.74) is 0. The first-order valence-electron chi connectivity index (χ1n) is 4.47. The lowest BCUT2D eigenvalue weighted by Crippen LogP contribution is -2.22. The molecule has 2 unspecified atom stereocenters. The van der Waals surface area contributed by atoms with Gasteiger partial charge in [-0.05, 0) is 12.3 Å². The van der Waals surface area contributed by atoms with E-state index in [1.54, 1.807) is 0 Å². The van der Waals surface area contributed by atoms with Crippen molar-refractivity contribution in [1.82, 2.24) is 5.32 Å². The third-order valence-electron chi connectivity index (χ3n) is 2.45. The van der Waals surface area contributed by atoms with Crippen molar-refractivity contribution in [3.8, 4) is 0 Å². The largest absolute Gasteiger partial charge is 0.296 e. The lowest BCUT2D eigenvalue weighted by molar-refractivity contribution is -0.126. The van der Waals surface area contributed by atoms with Crippen molar-refractivity contribution in [3.05, 3.63) is 0 Å². The quantitative estimate of drug-likeness (QED) is 0.643. The Morgan fingerprint density at radius 2 is 2.25 bits per heavy atom. The van der Waals surface area contributed by atoms with Gasteiger partial charge in [-0.1, -0.05) is 20.3 Å². The molecule has 1 heterocycles. The maximum absolute atomic E-state index is 11.1. The van der Waals surface area contributed by atoms with Gasteiger partial charge in [0.15, 0.2) is 0 Å². The highest BCUT2D eigenvalue weighted by atomic mass is 16.2. The first-order chi connectivity index (χ1) is 5.63. The average molecular weight is 169 g/mol. The molecule has 1 rings (SSSR count). The van der Waals surface area contributed by atoms with E-state index in [-0.39, 0.29) is 17.7 Å². The van der Waals surface area contributed by atoms with Crippen LogP contribution in [0.2, 0.25) is 0 Å². The van der Waals surface area contributed by atoms with E-state index >= 15 is 0 Å². The summed E-state index contributed by atoms with van der Waals surface area (Å²) >= 11 is 0. The van der Waals surface area contributed by atoms with Crippen LogP contribution in [0.15, 0.2) is 0 Å². The molecule has 0 aromatic heterocycles. The van der Waals surface area contributed by atoms with Gasteiger partial charge in [0, 0.05) is 12.3 Å². The predicted molar refractivity (Wildman–Crippen MR) is 45.3 cm³/mol. The number of nitrogens with one attached hydrogen (secondary N) is 1. The van der Waals surface area contributed by atoms with Crippen LogP contribution in [-0.4, -0.2) is 11.8 Å². The molecule has 1 aliphatic rings. The van der Waals surface area contributed by atoms with Crippen LogP contribution in [-0.2, 0) is 9.59 Å². The van der Waals surface area contributed by atoms with Crippen LogP contribution >= 0.6 is 0 Å². The second kappa shape index (κ2) is 3.70. The lowest BCUT2D eigenvalue weighted by Gasteiger charge is -2.10. The summed E-state index contributed by atoms with van der Waals surface area (Å²) in [5, 5.41) is 2.32. The van der Waals surface area contributed by atoms with Crippen LogP contribution in [0.3, 0.4) is 0 Å². The van der Waals surface area contributed by atoms with E-state index < -0.39 is 0 Å². The molecule has 1 aliphatic heterocycles. The summed E-state index contributed by atoms with van der Waals surface area (Å²) in [4.78, 5) is 21.9. The first kappa shape index (κ1) is 9.23. The van der Waals surface area contributed by atoms with Gasteiger partial charge < -0.3 is 0 Å². The fourth-order valence-corrected chi connectivity index (χ4v) is 1.45. The molecular weight excluding hydrogens is 154 g/mol. The Labute approximate surface area is 72.5 Å². The first-order valence-corrected chi connectivity index (χ1v) is 4.47. The Bertz CT molecular complexity index is 201. The normalized spacial score (nSPS) is 25.7. The molecule has 0 aromatic carbocycles. The Morgan fingerprint density at radius 3 is 2.67 bits per heavy atom. The fourth-order valence-electron chi connectivity index (χ4n) is 1.45. The van der Waals surface area contributed by atoms with Crippen LogP contribution < -0.4 is 5.32 Å². The molecule has 0 bridgehead atoms. The van der Waals surface area contributed by atoms with Gasteiger partial charge in [-0.15, -0.1) is 0 Å². The second-order valence-corrected chi connectivity index (χ2v) is 3.56. The molecular formula is C9H15NO2. The Morgan fingerprint density at radius 1 is 1.58 bits per heavy atom. The number of amides is 2. The van der Waals surface area contributed by atoms with Crippen LogP contribution in [0.25, 0.3) is 0 Å². The molecule has 1 fully saturated rings. The van der Waals surface area contributed by atoms with E-state index in [0.717, 1.165) is 12.8 Å². The third kappa shape index (κ3) is 2.06. The number of hydrogen-bond donors (Lipinski definition) is 1. The SMILES string of the molecule is CCC(C)CC1CC(=O)NC1=O. The predicted octanol–water partition coefficient (Wildman–Crippen LogP) is 1.09. The highest BCUT2D eigenvalue weighted by Gasteiger charge is 2.30. The summed E-state index contributed by atoms with van der Waals surface area (Å²) in [7, 11) is 0. The maximum atomic E-state index is 11.1. The molecule has 1 N–H and O–H groups in total. The summed E-state index contributed by atoms with van der Waals surface area (Å²) in [6, 6.07) is 0. The number of rotatable bonds is 3. The van der Waals surface area contributed by atoms with Gasteiger partial charge in [-0.25, -0.2) is 0 Å². The van der Waals surface area contributed by atoms with E-state index in [0.29, 0.717) is 12.3 Å². The van der Waals surface area contributed by atoms with Crippen molar-refractivity contribution in [2.24, 2.45) is 11.8 Å². The van der Waals surface area contributed by atoms with Gasteiger partial charge in [-0.2, -0.15) is 0 Å². The molecule has 1 saturated heterocycles. The zero-order valence-electron chi connectivity index (χ0n) is 7.59. The van der Waals surface area contributed by atoms with Crippen molar-refractivity contribution in [1.29, 1.82) is 0 Å². The second-order valence-electron chi connectivity index (χ2n) is 3.56. The van der Waals surface area contributed by atoms with E-state index in [2.05, 4.69) is 19.2 Å². The van der Waals surface area contributed by atoms with E-state index in [4.69, 9.17) is 0 Å². The van der Waals surface area contributed by atoms with Crippen molar-refractivity contribution >= 4 is 11.8 Å². The molecule has 2 atom stereocenters. The van der Waals surface area contributed by atoms with E-state index in [1.165, 1.54) is 0 Å². The Kier molecular flexibility index (Phi) is 2.84. The summed E-state index contributed by atoms with van der Waals surface area (Å²) in [6.45, 7) is 4.20.